The minimum atomic E-state index is 0.0575. The molecule has 136 valence electrons. The average molecular weight is 335 g/mol. The van der Waals surface area contributed by atoms with Crippen LogP contribution in [0.15, 0.2) is 0 Å². The Balaban J connectivity index is 1.59. The number of carbonyl (C=O) groups is 1. The van der Waals surface area contributed by atoms with Crippen LogP contribution >= 0.6 is 0 Å². The topological polar surface area (TPSA) is 46.5 Å². The molecule has 0 amide bonds. The molecule has 1 N–H and O–H groups in total. The highest BCUT2D eigenvalue weighted by atomic mass is 17.1. The molecule has 0 aliphatic heterocycles. The molecule has 3 heteroatoms. The molecular weight excluding hydrogens is 300 g/mol. The van der Waals surface area contributed by atoms with Gasteiger partial charge in [-0.15, -0.1) is 0 Å². The summed E-state index contributed by atoms with van der Waals surface area (Å²) in [7, 11) is 0. The predicted octanol–water partition coefficient (Wildman–Crippen LogP) is 5.09. The Morgan fingerprint density at radius 1 is 0.958 bits per heavy atom. The van der Waals surface area contributed by atoms with Gasteiger partial charge in [-0.3, -0.25) is 10.1 Å². The van der Waals surface area contributed by atoms with Crippen molar-refractivity contribution in [1.29, 1.82) is 0 Å². The summed E-state index contributed by atoms with van der Waals surface area (Å²) < 4.78 is 0. The minimum Gasteiger partial charge on any atom is -0.300 e. The fourth-order valence-corrected chi connectivity index (χ4v) is 7.98. The zero-order valence-electron chi connectivity index (χ0n) is 15.6. The first kappa shape index (κ1) is 17.0. The summed E-state index contributed by atoms with van der Waals surface area (Å²) in [6.07, 6.45) is 10.9. The number of carbonyl (C=O) groups excluding carboxylic acids is 1. The fourth-order valence-electron chi connectivity index (χ4n) is 7.98. The molecule has 0 bridgehead atoms. The van der Waals surface area contributed by atoms with E-state index in [-0.39, 0.29) is 11.5 Å². The van der Waals surface area contributed by atoms with Crippen LogP contribution < -0.4 is 0 Å². The molecule has 0 aromatic heterocycles. The lowest BCUT2D eigenvalue weighted by molar-refractivity contribution is -0.295. The van der Waals surface area contributed by atoms with Gasteiger partial charge in [-0.05, 0) is 99.2 Å². The van der Waals surface area contributed by atoms with Gasteiger partial charge in [-0.25, -0.2) is 4.89 Å². The second-order valence-corrected chi connectivity index (χ2v) is 9.94. The summed E-state index contributed by atoms with van der Waals surface area (Å²) in [5.41, 5.74) is 0.690. The number of ketones is 1. The predicted molar refractivity (Wildman–Crippen MR) is 93.4 cm³/mol. The first-order valence-electron chi connectivity index (χ1n) is 10.2. The quantitative estimate of drug-likeness (QED) is 0.565. The molecule has 4 fully saturated rings. The normalized spacial score (nSPS) is 53.8. The lowest BCUT2D eigenvalue weighted by Gasteiger charge is -2.60. The Kier molecular flexibility index (Phi) is 4.12. The molecular formula is C21H34O3. The molecule has 4 aliphatic rings. The summed E-state index contributed by atoms with van der Waals surface area (Å²) in [5.74, 6) is 3.85. The molecule has 0 heterocycles. The van der Waals surface area contributed by atoms with Crippen LogP contribution in [0.3, 0.4) is 0 Å². The van der Waals surface area contributed by atoms with Gasteiger partial charge in [0.25, 0.3) is 0 Å². The van der Waals surface area contributed by atoms with Gasteiger partial charge in [0.05, 0.1) is 6.10 Å². The van der Waals surface area contributed by atoms with Crippen molar-refractivity contribution in [2.24, 2.45) is 40.4 Å². The number of fused-ring (bicyclic) bond motifs is 5. The molecule has 0 saturated heterocycles. The van der Waals surface area contributed by atoms with Gasteiger partial charge in [0, 0.05) is 5.92 Å². The Morgan fingerprint density at radius 2 is 1.67 bits per heavy atom. The van der Waals surface area contributed by atoms with Crippen molar-refractivity contribution in [1.82, 2.24) is 0 Å². The van der Waals surface area contributed by atoms with E-state index in [2.05, 4.69) is 13.8 Å². The zero-order valence-corrected chi connectivity index (χ0v) is 15.6. The summed E-state index contributed by atoms with van der Waals surface area (Å²) >= 11 is 0. The molecule has 4 rings (SSSR count). The van der Waals surface area contributed by atoms with Gasteiger partial charge in [0.15, 0.2) is 0 Å². The first-order valence-corrected chi connectivity index (χ1v) is 10.2. The van der Waals surface area contributed by atoms with Crippen molar-refractivity contribution in [3.63, 3.8) is 0 Å². The van der Waals surface area contributed by atoms with Crippen LogP contribution in [0.5, 0.6) is 0 Å². The highest BCUT2D eigenvalue weighted by Gasteiger charge is 2.60. The molecule has 0 aromatic carbocycles. The van der Waals surface area contributed by atoms with Gasteiger partial charge < -0.3 is 0 Å². The van der Waals surface area contributed by atoms with Crippen molar-refractivity contribution in [2.45, 2.75) is 84.7 Å². The highest BCUT2D eigenvalue weighted by molar-refractivity contribution is 5.79. The molecule has 0 aromatic rings. The van der Waals surface area contributed by atoms with Crippen LogP contribution in [0.25, 0.3) is 0 Å². The van der Waals surface area contributed by atoms with Crippen LogP contribution in [0.1, 0.15) is 78.6 Å². The van der Waals surface area contributed by atoms with E-state index in [1.807, 2.05) is 6.92 Å². The third-order valence-corrected chi connectivity index (χ3v) is 9.26. The fraction of sp³-hybridized carbons (Fsp3) is 0.952. The number of hydrogen-bond donors (Lipinski definition) is 1. The van der Waals surface area contributed by atoms with E-state index in [9.17, 15) is 4.79 Å². The van der Waals surface area contributed by atoms with Gasteiger partial charge in [0.2, 0.25) is 0 Å². The number of rotatable bonds is 2. The summed E-state index contributed by atoms with van der Waals surface area (Å²) in [6.45, 7) is 6.78. The minimum absolute atomic E-state index is 0.0575. The molecule has 4 aliphatic carbocycles. The summed E-state index contributed by atoms with van der Waals surface area (Å²) in [6, 6.07) is 0. The lowest BCUT2D eigenvalue weighted by atomic mass is 9.44. The largest absolute Gasteiger partial charge is 0.300 e. The van der Waals surface area contributed by atoms with E-state index in [0.717, 1.165) is 37.0 Å². The SMILES string of the molecule is CC(=O)[C@H]1CC[C@H]2[C@@H]3CC[C@H]4C[C@H](OO)CC[C@]4(C)[C@H]3CC[C@]12C. The zero-order chi connectivity index (χ0) is 17.1. The van der Waals surface area contributed by atoms with E-state index in [0.29, 0.717) is 23.0 Å². The number of Topliss-reactive ketones (excluding diaryl/α,β-unsaturated/α-hetero) is 1. The molecule has 8 atom stereocenters. The van der Waals surface area contributed by atoms with Crippen LogP contribution in [-0.2, 0) is 9.68 Å². The van der Waals surface area contributed by atoms with Gasteiger partial charge in [0.1, 0.15) is 5.78 Å². The smallest absolute Gasteiger partial charge is 0.133 e. The molecule has 0 spiro atoms. The number of hydrogen-bond acceptors (Lipinski definition) is 3. The van der Waals surface area contributed by atoms with E-state index in [1.54, 1.807) is 0 Å². The van der Waals surface area contributed by atoms with Crippen LogP contribution in [-0.4, -0.2) is 17.1 Å². The maximum atomic E-state index is 12.2. The summed E-state index contributed by atoms with van der Waals surface area (Å²) in [5, 5.41) is 9.10. The molecule has 24 heavy (non-hydrogen) atoms. The maximum Gasteiger partial charge on any atom is 0.133 e. The van der Waals surface area contributed by atoms with E-state index < -0.39 is 0 Å². The Morgan fingerprint density at radius 3 is 2.38 bits per heavy atom. The highest BCUT2D eigenvalue weighted by Crippen LogP contribution is 2.67. The maximum absolute atomic E-state index is 12.2. The van der Waals surface area contributed by atoms with E-state index >= 15 is 0 Å². The average Bonchev–Trinajstić information content (AvgIpc) is 2.91. The van der Waals surface area contributed by atoms with Crippen molar-refractivity contribution < 1.29 is 14.9 Å². The van der Waals surface area contributed by atoms with Crippen molar-refractivity contribution >= 4 is 5.78 Å². The second kappa shape index (κ2) is 5.81. The third kappa shape index (κ3) is 2.26. The molecule has 0 radical (unpaired) electrons. The van der Waals surface area contributed by atoms with E-state index in [4.69, 9.17) is 10.1 Å². The monoisotopic (exact) mass is 334 g/mol. The first-order chi connectivity index (χ1) is 11.4. The van der Waals surface area contributed by atoms with Gasteiger partial charge in [-0.1, -0.05) is 13.8 Å². The van der Waals surface area contributed by atoms with E-state index in [1.165, 1.54) is 38.5 Å². The molecule has 0 unspecified atom stereocenters. The van der Waals surface area contributed by atoms with Crippen molar-refractivity contribution in [2.75, 3.05) is 0 Å². The van der Waals surface area contributed by atoms with Gasteiger partial charge in [-0.2, -0.15) is 0 Å². The Labute approximate surface area is 146 Å². The van der Waals surface area contributed by atoms with Crippen LogP contribution in [0, 0.1) is 40.4 Å². The lowest BCUT2D eigenvalue weighted by Crippen LogP contribution is -2.54. The Hall–Kier alpha value is -0.410. The standard InChI is InChI=1S/C21H34O3/c1-13(22)17-6-7-18-16-5-4-14-12-15(24-23)8-10-20(14,2)19(16)9-11-21(17,18)3/h14-19,23H,4-12H2,1-3H3/t14-,15+,16-,17+,18-,19-,20-,21+/m0/s1. The molecule has 3 nitrogen and oxygen atoms in total. The van der Waals surface area contributed by atoms with Crippen molar-refractivity contribution in [3.05, 3.63) is 0 Å². The summed E-state index contributed by atoms with van der Waals surface area (Å²) in [4.78, 5) is 16.9. The van der Waals surface area contributed by atoms with Crippen LogP contribution in [0.4, 0.5) is 0 Å². The van der Waals surface area contributed by atoms with Crippen molar-refractivity contribution in [3.8, 4) is 0 Å². The second-order valence-electron chi connectivity index (χ2n) is 9.94. The molecule has 4 saturated carbocycles. The van der Waals surface area contributed by atoms with Crippen LogP contribution in [0.2, 0.25) is 0 Å². The van der Waals surface area contributed by atoms with Gasteiger partial charge >= 0.3 is 0 Å². The third-order valence-electron chi connectivity index (χ3n) is 9.26. The Bertz CT molecular complexity index is 517.